The first-order valence-electron chi connectivity index (χ1n) is 6.74. The summed E-state index contributed by atoms with van der Waals surface area (Å²) in [5, 5.41) is 0. The van der Waals surface area contributed by atoms with Gasteiger partial charge in [-0.25, -0.2) is 4.39 Å². The Morgan fingerprint density at radius 2 is 1.70 bits per heavy atom. The molecular formula is C17H13FO2. The molecule has 3 heteroatoms. The van der Waals surface area contributed by atoms with Crippen LogP contribution in [0, 0.1) is 5.82 Å². The average molecular weight is 268 g/mol. The van der Waals surface area contributed by atoms with Crippen LogP contribution >= 0.6 is 0 Å². The Morgan fingerprint density at radius 1 is 1.00 bits per heavy atom. The van der Waals surface area contributed by atoms with E-state index in [1.165, 1.54) is 29.3 Å². The molecule has 20 heavy (non-hydrogen) atoms. The number of benzene rings is 2. The first-order valence-corrected chi connectivity index (χ1v) is 6.74. The lowest BCUT2D eigenvalue weighted by molar-refractivity contribution is 0.0470. The SMILES string of the molecule is O=C1CC2(Cc3ccccc3C2)Oc2cc(F)ccc21. The molecule has 2 aliphatic rings. The van der Waals surface area contributed by atoms with Gasteiger partial charge in [-0.2, -0.15) is 0 Å². The number of ether oxygens (including phenoxy) is 1. The molecule has 2 aromatic rings. The van der Waals surface area contributed by atoms with Crippen molar-refractivity contribution in [1.29, 1.82) is 0 Å². The number of carbonyl (C=O) groups is 1. The molecule has 1 aliphatic heterocycles. The van der Waals surface area contributed by atoms with Crippen molar-refractivity contribution in [3.63, 3.8) is 0 Å². The molecule has 0 unspecified atom stereocenters. The maximum atomic E-state index is 13.4. The van der Waals surface area contributed by atoms with Gasteiger partial charge in [0.15, 0.2) is 5.78 Å². The van der Waals surface area contributed by atoms with Gasteiger partial charge in [0.2, 0.25) is 0 Å². The molecule has 1 heterocycles. The highest BCUT2D eigenvalue weighted by atomic mass is 19.1. The zero-order valence-corrected chi connectivity index (χ0v) is 10.9. The van der Waals surface area contributed by atoms with E-state index in [9.17, 15) is 9.18 Å². The number of hydrogen-bond donors (Lipinski definition) is 0. The largest absolute Gasteiger partial charge is 0.485 e. The van der Waals surface area contributed by atoms with Gasteiger partial charge in [-0.3, -0.25) is 4.79 Å². The molecule has 0 bridgehead atoms. The molecule has 1 spiro atoms. The summed E-state index contributed by atoms with van der Waals surface area (Å²) in [6.07, 6.45) is 1.79. The second kappa shape index (κ2) is 3.92. The zero-order valence-electron chi connectivity index (χ0n) is 10.9. The van der Waals surface area contributed by atoms with Crippen molar-refractivity contribution in [2.24, 2.45) is 0 Å². The van der Waals surface area contributed by atoms with E-state index in [0.29, 0.717) is 30.6 Å². The number of ketones is 1. The van der Waals surface area contributed by atoms with E-state index in [-0.39, 0.29) is 11.6 Å². The van der Waals surface area contributed by atoms with Crippen molar-refractivity contribution < 1.29 is 13.9 Å². The van der Waals surface area contributed by atoms with Gasteiger partial charge in [-0.15, -0.1) is 0 Å². The third-order valence-electron chi connectivity index (χ3n) is 4.20. The number of halogens is 1. The van der Waals surface area contributed by atoms with Crippen LogP contribution < -0.4 is 4.74 Å². The zero-order chi connectivity index (χ0) is 13.7. The Balaban J connectivity index is 1.76. The molecule has 0 fully saturated rings. The fourth-order valence-electron chi connectivity index (χ4n) is 3.32. The van der Waals surface area contributed by atoms with E-state index in [2.05, 4.69) is 12.1 Å². The summed E-state index contributed by atoms with van der Waals surface area (Å²) >= 11 is 0. The smallest absolute Gasteiger partial charge is 0.170 e. The molecule has 0 radical (unpaired) electrons. The molecule has 0 atom stereocenters. The maximum Gasteiger partial charge on any atom is 0.170 e. The van der Waals surface area contributed by atoms with Crippen molar-refractivity contribution in [2.75, 3.05) is 0 Å². The minimum absolute atomic E-state index is 0.0408. The molecular weight excluding hydrogens is 255 g/mol. The van der Waals surface area contributed by atoms with Crippen LogP contribution in [-0.2, 0) is 12.8 Å². The first kappa shape index (κ1) is 11.6. The van der Waals surface area contributed by atoms with Crippen LogP contribution in [0.3, 0.4) is 0 Å². The van der Waals surface area contributed by atoms with Crippen LogP contribution in [-0.4, -0.2) is 11.4 Å². The normalized spacial score (nSPS) is 18.6. The Kier molecular flexibility index (Phi) is 2.28. The predicted octanol–water partition coefficient (Wildman–Crippen LogP) is 3.33. The summed E-state index contributed by atoms with van der Waals surface area (Å²) in [4.78, 5) is 12.3. The van der Waals surface area contributed by atoms with E-state index in [4.69, 9.17) is 4.74 Å². The van der Waals surface area contributed by atoms with E-state index < -0.39 is 5.60 Å². The van der Waals surface area contributed by atoms with Crippen molar-refractivity contribution in [3.05, 3.63) is 65.0 Å². The molecule has 1 aliphatic carbocycles. The van der Waals surface area contributed by atoms with Crippen molar-refractivity contribution in [1.82, 2.24) is 0 Å². The van der Waals surface area contributed by atoms with Gasteiger partial charge in [0.25, 0.3) is 0 Å². The highest BCUT2D eigenvalue weighted by Gasteiger charge is 2.44. The summed E-state index contributed by atoms with van der Waals surface area (Å²) in [6.45, 7) is 0. The minimum atomic E-state index is -0.526. The van der Waals surface area contributed by atoms with Gasteiger partial charge in [-0.1, -0.05) is 24.3 Å². The molecule has 0 saturated carbocycles. The number of hydrogen-bond acceptors (Lipinski definition) is 2. The molecule has 0 N–H and O–H groups in total. The monoisotopic (exact) mass is 268 g/mol. The fourth-order valence-corrected chi connectivity index (χ4v) is 3.32. The topological polar surface area (TPSA) is 26.3 Å². The lowest BCUT2D eigenvalue weighted by Gasteiger charge is -2.34. The van der Waals surface area contributed by atoms with E-state index in [1.54, 1.807) is 0 Å². The van der Waals surface area contributed by atoms with Crippen LogP contribution in [0.15, 0.2) is 42.5 Å². The van der Waals surface area contributed by atoms with Crippen molar-refractivity contribution >= 4 is 5.78 Å². The van der Waals surface area contributed by atoms with Gasteiger partial charge in [0.05, 0.1) is 12.0 Å². The Labute approximate surface area is 116 Å². The second-order valence-electron chi connectivity index (χ2n) is 5.65. The Bertz CT molecular complexity index is 696. The van der Waals surface area contributed by atoms with Crippen LogP contribution in [0.2, 0.25) is 0 Å². The van der Waals surface area contributed by atoms with Crippen molar-refractivity contribution in [3.8, 4) is 5.75 Å². The lowest BCUT2D eigenvalue weighted by atomic mass is 9.87. The van der Waals surface area contributed by atoms with Crippen LogP contribution in [0.4, 0.5) is 4.39 Å². The molecule has 0 amide bonds. The molecule has 2 nitrogen and oxygen atoms in total. The molecule has 100 valence electrons. The molecule has 2 aromatic carbocycles. The van der Waals surface area contributed by atoms with Crippen LogP contribution in [0.1, 0.15) is 27.9 Å². The molecule has 0 saturated heterocycles. The standard InChI is InChI=1S/C17H13FO2/c18-13-5-6-14-15(19)10-17(20-16(14)7-13)8-11-3-1-2-4-12(11)9-17/h1-7H,8-10H2. The Hall–Kier alpha value is -2.16. The van der Waals surface area contributed by atoms with Gasteiger partial charge in [0, 0.05) is 18.9 Å². The summed E-state index contributed by atoms with van der Waals surface area (Å²) in [5.74, 6) is 0.0530. The van der Waals surface area contributed by atoms with E-state index >= 15 is 0 Å². The quantitative estimate of drug-likeness (QED) is 0.732. The predicted molar refractivity (Wildman–Crippen MR) is 72.6 cm³/mol. The minimum Gasteiger partial charge on any atom is -0.485 e. The third-order valence-corrected chi connectivity index (χ3v) is 4.20. The highest BCUT2D eigenvalue weighted by molar-refractivity contribution is 6.00. The highest BCUT2D eigenvalue weighted by Crippen LogP contribution is 2.42. The van der Waals surface area contributed by atoms with Gasteiger partial charge in [0.1, 0.15) is 17.2 Å². The third kappa shape index (κ3) is 1.66. The number of carbonyl (C=O) groups excluding carboxylic acids is 1. The molecule has 0 aromatic heterocycles. The number of Topliss-reactive ketones (excluding diaryl/α,β-unsaturated/α-hetero) is 1. The maximum absolute atomic E-state index is 13.4. The van der Waals surface area contributed by atoms with E-state index in [0.717, 1.165) is 0 Å². The van der Waals surface area contributed by atoms with Crippen LogP contribution in [0.25, 0.3) is 0 Å². The summed E-state index contributed by atoms with van der Waals surface area (Å²) in [5.41, 5.74) is 2.41. The van der Waals surface area contributed by atoms with E-state index in [1.807, 2.05) is 12.1 Å². The van der Waals surface area contributed by atoms with Gasteiger partial charge in [-0.05, 0) is 23.3 Å². The van der Waals surface area contributed by atoms with Crippen LogP contribution in [0.5, 0.6) is 5.75 Å². The summed E-state index contributed by atoms with van der Waals surface area (Å²) in [7, 11) is 0. The van der Waals surface area contributed by atoms with Gasteiger partial charge < -0.3 is 4.74 Å². The fraction of sp³-hybridized carbons (Fsp3) is 0.235. The second-order valence-corrected chi connectivity index (χ2v) is 5.65. The van der Waals surface area contributed by atoms with Crippen molar-refractivity contribution in [2.45, 2.75) is 24.9 Å². The lowest BCUT2D eigenvalue weighted by Crippen LogP contribution is -2.42. The Morgan fingerprint density at radius 3 is 2.40 bits per heavy atom. The first-order chi connectivity index (χ1) is 9.65. The number of fused-ring (bicyclic) bond motifs is 2. The van der Waals surface area contributed by atoms with Gasteiger partial charge >= 0.3 is 0 Å². The molecule has 4 rings (SSSR count). The average Bonchev–Trinajstić information content (AvgIpc) is 2.74. The summed E-state index contributed by atoms with van der Waals surface area (Å²) in [6, 6.07) is 12.3. The summed E-state index contributed by atoms with van der Waals surface area (Å²) < 4.78 is 19.4. The number of rotatable bonds is 0.